The van der Waals surface area contributed by atoms with E-state index in [2.05, 4.69) is 12.1 Å². The largest absolute Gasteiger partial charge is 0.494 e. The maximum atomic E-state index is 5.64. The number of ether oxygens (including phenoxy) is 2. The summed E-state index contributed by atoms with van der Waals surface area (Å²) in [6, 6.07) is 8.23. The second kappa shape index (κ2) is 9.02. The molecule has 0 aliphatic carbocycles. The minimum Gasteiger partial charge on any atom is -0.494 e. The van der Waals surface area contributed by atoms with Gasteiger partial charge in [-0.05, 0) is 49.9 Å². The lowest BCUT2D eigenvalue weighted by Crippen LogP contribution is -2.01. The van der Waals surface area contributed by atoms with E-state index in [-0.39, 0.29) is 0 Å². The average molecular weight is 237 g/mol. The summed E-state index contributed by atoms with van der Waals surface area (Å²) in [7, 11) is 1.72. The van der Waals surface area contributed by atoms with Crippen LogP contribution in [-0.2, 0) is 11.2 Å². The van der Waals surface area contributed by atoms with E-state index in [0.717, 1.165) is 51.2 Å². The van der Waals surface area contributed by atoms with Crippen LogP contribution in [0.1, 0.15) is 24.8 Å². The standard InChI is InChI=1S/C14H23NO2/c1-16-12-9-13-5-7-14(8-6-13)17-11-4-2-3-10-15/h5-8H,2-4,9-12,15H2,1H3. The van der Waals surface area contributed by atoms with Crippen molar-refractivity contribution in [3.8, 4) is 5.75 Å². The Kier molecular flexibility index (Phi) is 7.43. The molecule has 3 nitrogen and oxygen atoms in total. The summed E-state index contributed by atoms with van der Waals surface area (Å²) in [6.45, 7) is 2.31. The van der Waals surface area contributed by atoms with Crippen molar-refractivity contribution < 1.29 is 9.47 Å². The van der Waals surface area contributed by atoms with Gasteiger partial charge in [0.15, 0.2) is 0 Å². The van der Waals surface area contributed by atoms with Gasteiger partial charge in [-0.25, -0.2) is 0 Å². The molecule has 0 aliphatic heterocycles. The summed E-state index contributed by atoms with van der Waals surface area (Å²) in [6.07, 6.45) is 4.25. The number of methoxy groups -OCH3 is 1. The zero-order chi connectivity index (χ0) is 12.3. The Balaban J connectivity index is 2.20. The van der Waals surface area contributed by atoms with Gasteiger partial charge in [0.25, 0.3) is 0 Å². The highest BCUT2D eigenvalue weighted by molar-refractivity contribution is 5.27. The van der Waals surface area contributed by atoms with Gasteiger partial charge >= 0.3 is 0 Å². The van der Waals surface area contributed by atoms with E-state index >= 15 is 0 Å². The van der Waals surface area contributed by atoms with E-state index in [1.165, 1.54) is 5.56 Å². The Hall–Kier alpha value is -1.06. The second-order valence-electron chi connectivity index (χ2n) is 4.08. The Bertz CT molecular complexity index is 285. The van der Waals surface area contributed by atoms with Gasteiger partial charge in [-0.15, -0.1) is 0 Å². The molecule has 0 saturated carbocycles. The Morgan fingerprint density at radius 1 is 1.00 bits per heavy atom. The van der Waals surface area contributed by atoms with Gasteiger partial charge < -0.3 is 15.2 Å². The van der Waals surface area contributed by atoms with Crippen molar-refractivity contribution in [2.45, 2.75) is 25.7 Å². The summed E-state index contributed by atoms with van der Waals surface area (Å²) in [4.78, 5) is 0. The lowest BCUT2D eigenvalue weighted by atomic mass is 10.1. The van der Waals surface area contributed by atoms with E-state index in [9.17, 15) is 0 Å². The van der Waals surface area contributed by atoms with Crippen LogP contribution in [0.2, 0.25) is 0 Å². The van der Waals surface area contributed by atoms with E-state index in [1.807, 2.05) is 12.1 Å². The highest BCUT2D eigenvalue weighted by Gasteiger charge is 1.96. The van der Waals surface area contributed by atoms with Crippen molar-refractivity contribution in [1.82, 2.24) is 0 Å². The number of nitrogens with two attached hydrogens (primary N) is 1. The van der Waals surface area contributed by atoms with Crippen LogP contribution in [0.15, 0.2) is 24.3 Å². The van der Waals surface area contributed by atoms with Crippen LogP contribution in [0.3, 0.4) is 0 Å². The molecule has 17 heavy (non-hydrogen) atoms. The molecule has 0 unspecified atom stereocenters. The van der Waals surface area contributed by atoms with E-state index in [0.29, 0.717) is 0 Å². The van der Waals surface area contributed by atoms with Crippen molar-refractivity contribution in [1.29, 1.82) is 0 Å². The molecule has 0 aromatic heterocycles. The van der Waals surface area contributed by atoms with E-state index in [4.69, 9.17) is 15.2 Å². The van der Waals surface area contributed by atoms with Crippen molar-refractivity contribution in [3.05, 3.63) is 29.8 Å². The van der Waals surface area contributed by atoms with Gasteiger partial charge in [-0.1, -0.05) is 12.1 Å². The third-order valence-electron chi connectivity index (χ3n) is 2.64. The highest BCUT2D eigenvalue weighted by atomic mass is 16.5. The molecule has 1 aromatic rings. The second-order valence-corrected chi connectivity index (χ2v) is 4.08. The third kappa shape index (κ3) is 6.29. The average Bonchev–Trinajstić information content (AvgIpc) is 2.37. The molecule has 1 rings (SSSR count). The van der Waals surface area contributed by atoms with Crippen molar-refractivity contribution in [2.75, 3.05) is 26.9 Å². The molecule has 2 N–H and O–H groups in total. The van der Waals surface area contributed by atoms with Gasteiger partial charge in [-0.2, -0.15) is 0 Å². The molecule has 0 heterocycles. The zero-order valence-corrected chi connectivity index (χ0v) is 10.7. The van der Waals surface area contributed by atoms with Crippen LogP contribution < -0.4 is 10.5 Å². The summed E-state index contributed by atoms with van der Waals surface area (Å²) in [5.41, 5.74) is 6.71. The molecule has 1 aromatic carbocycles. The first-order chi connectivity index (χ1) is 8.36. The zero-order valence-electron chi connectivity index (χ0n) is 10.7. The van der Waals surface area contributed by atoms with Gasteiger partial charge in [0.2, 0.25) is 0 Å². The van der Waals surface area contributed by atoms with Crippen molar-refractivity contribution in [2.24, 2.45) is 5.73 Å². The van der Waals surface area contributed by atoms with Crippen LogP contribution in [0.4, 0.5) is 0 Å². The first kappa shape index (κ1) is 14.0. The van der Waals surface area contributed by atoms with Crippen molar-refractivity contribution in [3.63, 3.8) is 0 Å². The first-order valence-electron chi connectivity index (χ1n) is 6.27. The lowest BCUT2D eigenvalue weighted by molar-refractivity contribution is 0.202. The quantitative estimate of drug-likeness (QED) is 0.671. The monoisotopic (exact) mass is 237 g/mol. The molecule has 96 valence electrons. The first-order valence-corrected chi connectivity index (χ1v) is 6.27. The fraction of sp³-hybridized carbons (Fsp3) is 0.571. The lowest BCUT2D eigenvalue weighted by Gasteiger charge is -2.07. The van der Waals surface area contributed by atoms with Crippen LogP contribution in [0, 0.1) is 0 Å². The Morgan fingerprint density at radius 2 is 1.76 bits per heavy atom. The SMILES string of the molecule is COCCc1ccc(OCCCCCN)cc1. The summed E-state index contributed by atoms with van der Waals surface area (Å²) in [5, 5.41) is 0. The predicted octanol–water partition coefficient (Wildman–Crippen LogP) is 2.38. The summed E-state index contributed by atoms with van der Waals surface area (Å²) in [5.74, 6) is 0.943. The van der Waals surface area contributed by atoms with Crippen LogP contribution in [0.5, 0.6) is 5.75 Å². The fourth-order valence-electron chi connectivity index (χ4n) is 1.59. The smallest absolute Gasteiger partial charge is 0.119 e. The van der Waals surface area contributed by atoms with Crippen LogP contribution >= 0.6 is 0 Å². The molecular weight excluding hydrogens is 214 g/mol. The number of unbranched alkanes of at least 4 members (excludes halogenated alkanes) is 2. The predicted molar refractivity (Wildman–Crippen MR) is 70.4 cm³/mol. The van der Waals surface area contributed by atoms with Gasteiger partial charge in [0, 0.05) is 7.11 Å². The molecule has 0 aliphatic rings. The molecule has 0 amide bonds. The minimum atomic E-state index is 0.763. The number of rotatable bonds is 9. The van der Waals surface area contributed by atoms with Crippen LogP contribution in [-0.4, -0.2) is 26.9 Å². The summed E-state index contributed by atoms with van der Waals surface area (Å²) < 4.78 is 10.7. The molecule has 3 heteroatoms. The molecule has 0 atom stereocenters. The molecule has 0 spiro atoms. The number of hydrogen-bond donors (Lipinski definition) is 1. The molecule has 0 bridgehead atoms. The minimum absolute atomic E-state index is 0.763. The maximum Gasteiger partial charge on any atom is 0.119 e. The number of benzene rings is 1. The van der Waals surface area contributed by atoms with Gasteiger partial charge in [-0.3, -0.25) is 0 Å². The molecule has 0 radical (unpaired) electrons. The van der Waals surface area contributed by atoms with E-state index < -0.39 is 0 Å². The number of hydrogen-bond acceptors (Lipinski definition) is 3. The Morgan fingerprint density at radius 3 is 2.41 bits per heavy atom. The maximum absolute atomic E-state index is 5.64. The molecule has 0 saturated heterocycles. The fourth-order valence-corrected chi connectivity index (χ4v) is 1.59. The third-order valence-corrected chi connectivity index (χ3v) is 2.64. The summed E-state index contributed by atoms with van der Waals surface area (Å²) >= 11 is 0. The molecular formula is C14H23NO2. The highest BCUT2D eigenvalue weighted by Crippen LogP contribution is 2.13. The normalized spacial score (nSPS) is 10.5. The topological polar surface area (TPSA) is 44.5 Å². The Labute approximate surface area is 104 Å². The van der Waals surface area contributed by atoms with Gasteiger partial charge in [0.1, 0.15) is 5.75 Å². The van der Waals surface area contributed by atoms with Crippen molar-refractivity contribution >= 4 is 0 Å². The van der Waals surface area contributed by atoms with E-state index in [1.54, 1.807) is 7.11 Å². The van der Waals surface area contributed by atoms with Gasteiger partial charge in [0.05, 0.1) is 13.2 Å². The molecule has 0 fully saturated rings. The van der Waals surface area contributed by atoms with Crippen LogP contribution in [0.25, 0.3) is 0 Å².